The van der Waals surface area contributed by atoms with Crippen LogP contribution in [-0.2, 0) is 12.7 Å². The lowest BCUT2D eigenvalue weighted by atomic mass is 10.1. The number of rotatable bonds is 3. The molecule has 0 saturated carbocycles. The van der Waals surface area contributed by atoms with Crippen molar-refractivity contribution in [2.75, 3.05) is 19.7 Å². The highest BCUT2D eigenvalue weighted by molar-refractivity contribution is 5.27. The van der Waals surface area contributed by atoms with Gasteiger partial charge in [0.2, 0.25) is 0 Å². The van der Waals surface area contributed by atoms with Gasteiger partial charge in [0, 0.05) is 19.7 Å². The van der Waals surface area contributed by atoms with Crippen molar-refractivity contribution >= 4 is 0 Å². The van der Waals surface area contributed by atoms with Crippen molar-refractivity contribution in [1.29, 1.82) is 0 Å². The fourth-order valence-corrected chi connectivity index (χ4v) is 2.35. The Balaban J connectivity index is 2.10. The summed E-state index contributed by atoms with van der Waals surface area (Å²) < 4.78 is 50.8. The minimum atomic E-state index is -4.67. The van der Waals surface area contributed by atoms with E-state index in [4.69, 9.17) is 5.11 Å². The van der Waals surface area contributed by atoms with Gasteiger partial charge in [-0.05, 0) is 36.6 Å². The zero-order chi connectivity index (χ0) is 14.0. The average molecular weight is 277 g/mol. The van der Waals surface area contributed by atoms with Gasteiger partial charge in [-0.25, -0.2) is 4.39 Å². The predicted octanol–water partition coefficient (Wildman–Crippen LogP) is 2.66. The van der Waals surface area contributed by atoms with Crippen LogP contribution in [0.5, 0.6) is 0 Å². The van der Waals surface area contributed by atoms with Crippen molar-refractivity contribution in [2.45, 2.75) is 19.1 Å². The van der Waals surface area contributed by atoms with E-state index in [9.17, 15) is 17.6 Å². The molecule has 1 N–H and O–H groups in total. The van der Waals surface area contributed by atoms with E-state index >= 15 is 0 Å². The molecule has 0 spiro atoms. The van der Waals surface area contributed by atoms with Gasteiger partial charge in [-0.15, -0.1) is 0 Å². The van der Waals surface area contributed by atoms with E-state index < -0.39 is 17.6 Å². The second kappa shape index (κ2) is 5.46. The van der Waals surface area contributed by atoms with E-state index in [0.717, 1.165) is 25.1 Å². The first-order valence-corrected chi connectivity index (χ1v) is 6.09. The average Bonchev–Trinajstić information content (AvgIpc) is 2.78. The summed E-state index contributed by atoms with van der Waals surface area (Å²) in [5.74, 6) is -1.06. The number of benzene rings is 1. The molecule has 2 nitrogen and oxygen atoms in total. The molecule has 0 bridgehead atoms. The normalized spacial score (nSPS) is 21.0. The maximum atomic E-state index is 13.1. The maximum absolute atomic E-state index is 13.1. The molecule has 1 saturated heterocycles. The molecule has 1 aliphatic rings. The first-order chi connectivity index (χ1) is 8.90. The van der Waals surface area contributed by atoms with Crippen molar-refractivity contribution in [3.63, 3.8) is 0 Å². The van der Waals surface area contributed by atoms with E-state index in [1.54, 1.807) is 0 Å². The van der Waals surface area contributed by atoms with Crippen LogP contribution in [0.3, 0.4) is 0 Å². The highest BCUT2D eigenvalue weighted by atomic mass is 19.4. The van der Waals surface area contributed by atoms with Gasteiger partial charge in [-0.1, -0.05) is 6.07 Å². The Hall–Kier alpha value is -1.14. The summed E-state index contributed by atoms with van der Waals surface area (Å²) in [6.45, 7) is 1.84. The van der Waals surface area contributed by atoms with Gasteiger partial charge in [0.05, 0.1) is 5.56 Å². The summed E-state index contributed by atoms with van der Waals surface area (Å²) in [4.78, 5) is 1.97. The zero-order valence-corrected chi connectivity index (χ0v) is 10.3. The van der Waals surface area contributed by atoms with Crippen LogP contribution in [0.4, 0.5) is 17.6 Å². The third-order valence-electron chi connectivity index (χ3n) is 3.37. The van der Waals surface area contributed by atoms with Gasteiger partial charge in [-0.3, -0.25) is 4.90 Å². The van der Waals surface area contributed by atoms with Gasteiger partial charge < -0.3 is 5.11 Å². The molecular weight excluding hydrogens is 262 g/mol. The lowest BCUT2D eigenvalue weighted by Crippen LogP contribution is -2.21. The van der Waals surface area contributed by atoms with Gasteiger partial charge in [0.1, 0.15) is 5.82 Å². The molecule has 1 atom stereocenters. The number of halogens is 4. The van der Waals surface area contributed by atoms with Crippen molar-refractivity contribution in [2.24, 2.45) is 5.92 Å². The number of likely N-dealkylation sites (tertiary alicyclic amines) is 1. The Labute approximate surface area is 108 Å². The second-order valence-corrected chi connectivity index (χ2v) is 4.88. The molecule has 2 rings (SSSR count). The lowest BCUT2D eigenvalue weighted by molar-refractivity contribution is -0.140. The lowest BCUT2D eigenvalue weighted by Gasteiger charge is -2.17. The SMILES string of the molecule is OCC1CCN(Cc2ccc(F)c(C(F)(F)F)c2)C1. The number of aliphatic hydroxyl groups is 1. The van der Waals surface area contributed by atoms with Crippen LogP contribution in [0.1, 0.15) is 17.5 Å². The van der Waals surface area contributed by atoms with Gasteiger partial charge >= 0.3 is 6.18 Å². The van der Waals surface area contributed by atoms with Crippen molar-refractivity contribution in [3.8, 4) is 0 Å². The highest BCUT2D eigenvalue weighted by Crippen LogP contribution is 2.32. The van der Waals surface area contributed by atoms with Crippen LogP contribution in [-0.4, -0.2) is 29.7 Å². The maximum Gasteiger partial charge on any atom is 0.419 e. The Bertz CT molecular complexity index is 447. The van der Waals surface area contributed by atoms with Gasteiger partial charge in [0.15, 0.2) is 0 Å². The van der Waals surface area contributed by atoms with Crippen LogP contribution < -0.4 is 0 Å². The number of alkyl halides is 3. The van der Waals surface area contributed by atoms with Crippen molar-refractivity contribution in [3.05, 3.63) is 35.1 Å². The topological polar surface area (TPSA) is 23.5 Å². The first kappa shape index (κ1) is 14.3. The number of aliphatic hydroxyl groups excluding tert-OH is 1. The molecule has 19 heavy (non-hydrogen) atoms. The second-order valence-electron chi connectivity index (χ2n) is 4.88. The summed E-state index contributed by atoms with van der Waals surface area (Å²) in [5, 5.41) is 9.01. The molecule has 0 aromatic heterocycles. The van der Waals surface area contributed by atoms with Crippen LogP contribution in [0.2, 0.25) is 0 Å². The summed E-state index contributed by atoms with van der Waals surface area (Å²) in [6, 6.07) is 3.09. The molecule has 1 aromatic carbocycles. The Kier molecular flexibility index (Phi) is 4.10. The molecule has 1 aromatic rings. The fraction of sp³-hybridized carbons (Fsp3) is 0.538. The summed E-state index contributed by atoms with van der Waals surface area (Å²) in [7, 11) is 0. The van der Waals surface area contributed by atoms with Gasteiger partial charge in [-0.2, -0.15) is 13.2 Å². The van der Waals surface area contributed by atoms with Crippen LogP contribution >= 0.6 is 0 Å². The molecule has 1 unspecified atom stereocenters. The van der Waals surface area contributed by atoms with E-state index in [1.807, 2.05) is 4.90 Å². The highest BCUT2D eigenvalue weighted by Gasteiger charge is 2.34. The third kappa shape index (κ3) is 3.45. The van der Waals surface area contributed by atoms with Crippen molar-refractivity contribution < 1.29 is 22.7 Å². The largest absolute Gasteiger partial charge is 0.419 e. The Morgan fingerprint density at radius 1 is 1.32 bits per heavy atom. The zero-order valence-electron chi connectivity index (χ0n) is 10.3. The van der Waals surface area contributed by atoms with E-state index in [0.29, 0.717) is 18.7 Å². The number of nitrogens with zero attached hydrogens (tertiary/aromatic N) is 1. The molecule has 1 heterocycles. The standard InChI is InChI=1S/C13H15F4NO/c14-12-2-1-9(5-11(12)13(15,16)17)6-18-4-3-10(7-18)8-19/h1-2,5,10,19H,3-4,6-8H2. The van der Waals surface area contributed by atoms with E-state index in [1.165, 1.54) is 6.07 Å². The van der Waals surface area contributed by atoms with E-state index in [2.05, 4.69) is 0 Å². The first-order valence-electron chi connectivity index (χ1n) is 6.09. The third-order valence-corrected chi connectivity index (χ3v) is 3.37. The molecule has 106 valence electrons. The smallest absolute Gasteiger partial charge is 0.396 e. The molecular formula is C13H15F4NO. The predicted molar refractivity (Wildman–Crippen MR) is 61.9 cm³/mol. The fourth-order valence-electron chi connectivity index (χ4n) is 2.35. The summed E-state index contributed by atoms with van der Waals surface area (Å²) in [6.07, 6.45) is -3.83. The quantitative estimate of drug-likeness (QED) is 0.859. The van der Waals surface area contributed by atoms with Crippen molar-refractivity contribution in [1.82, 2.24) is 4.90 Å². The minimum Gasteiger partial charge on any atom is -0.396 e. The Morgan fingerprint density at radius 2 is 2.05 bits per heavy atom. The van der Waals surface area contributed by atoms with E-state index in [-0.39, 0.29) is 12.5 Å². The minimum absolute atomic E-state index is 0.0910. The monoisotopic (exact) mass is 277 g/mol. The van der Waals surface area contributed by atoms with Crippen LogP contribution in [0, 0.1) is 11.7 Å². The molecule has 6 heteroatoms. The molecule has 0 radical (unpaired) electrons. The summed E-state index contributed by atoms with van der Waals surface area (Å²) >= 11 is 0. The summed E-state index contributed by atoms with van der Waals surface area (Å²) in [5.41, 5.74) is -0.782. The molecule has 0 aliphatic carbocycles. The number of hydrogen-bond acceptors (Lipinski definition) is 2. The number of hydrogen-bond donors (Lipinski definition) is 1. The molecule has 1 fully saturated rings. The molecule has 0 amide bonds. The van der Waals surface area contributed by atoms with Crippen LogP contribution in [0.25, 0.3) is 0 Å². The molecule has 1 aliphatic heterocycles. The Morgan fingerprint density at radius 3 is 2.63 bits per heavy atom. The van der Waals surface area contributed by atoms with Gasteiger partial charge in [0.25, 0.3) is 0 Å². The van der Waals surface area contributed by atoms with Crippen LogP contribution in [0.15, 0.2) is 18.2 Å².